The van der Waals surface area contributed by atoms with Gasteiger partial charge in [0, 0.05) is 12.1 Å². The van der Waals surface area contributed by atoms with Crippen molar-refractivity contribution in [1.82, 2.24) is 4.90 Å². The molecule has 0 rings (SSSR count). The zero-order valence-electron chi connectivity index (χ0n) is 11.6. The van der Waals surface area contributed by atoms with E-state index in [9.17, 15) is 4.79 Å². The van der Waals surface area contributed by atoms with Crippen LogP contribution in [0.25, 0.3) is 0 Å². The number of carbonyl (C=O) groups is 1. The average Bonchev–Trinajstić information content (AvgIpc) is 2.35. The third-order valence-corrected chi connectivity index (χ3v) is 2.85. The fourth-order valence-electron chi connectivity index (χ4n) is 1.64. The summed E-state index contributed by atoms with van der Waals surface area (Å²) in [4.78, 5) is 13.4. The maximum absolute atomic E-state index is 11.0. The Morgan fingerprint density at radius 1 is 1.29 bits per heavy atom. The van der Waals surface area contributed by atoms with Gasteiger partial charge in [-0.1, -0.05) is 33.3 Å². The molecular formula is C14H27NO2. The summed E-state index contributed by atoms with van der Waals surface area (Å²) in [5, 5.41) is 0. The van der Waals surface area contributed by atoms with Crippen LogP contribution in [0.1, 0.15) is 46.5 Å². The molecule has 0 saturated carbocycles. The van der Waals surface area contributed by atoms with E-state index >= 15 is 0 Å². The second-order valence-electron chi connectivity index (χ2n) is 4.43. The molecule has 0 spiro atoms. The van der Waals surface area contributed by atoms with Gasteiger partial charge in [0.15, 0.2) is 0 Å². The van der Waals surface area contributed by atoms with Crippen LogP contribution in [0.3, 0.4) is 0 Å². The summed E-state index contributed by atoms with van der Waals surface area (Å²) in [6.07, 6.45) is 6.01. The van der Waals surface area contributed by atoms with Gasteiger partial charge in [-0.15, -0.1) is 0 Å². The summed E-state index contributed by atoms with van der Waals surface area (Å²) < 4.78 is 5.10. The van der Waals surface area contributed by atoms with Gasteiger partial charge in [0.2, 0.25) is 0 Å². The van der Waals surface area contributed by atoms with E-state index in [1.165, 1.54) is 31.8 Å². The van der Waals surface area contributed by atoms with Crippen LogP contribution in [-0.2, 0) is 9.53 Å². The minimum atomic E-state index is -0.331. The fraction of sp³-hybridized carbons (Fsp3) is 0.786. The van der Waals surface area contributed by atoms with Gasteiger partial charge < -0.3 is 4.74 Å². The Kier molecular flexibility index (Phi) is 9.83. The van der Waals surface area contributed by atoms with Crippen molar-refractivity contribution in [1.29, 1.82) is 0 Å². The number of carbonyl (C=O) groups excluding carboxylic acids is 1. The Morgan fingerprint density at radius 2 is 1.82 bits per heavy atom. The largest absolute Gasteiger partial charge is 0.461 e. The van der Waals surface area contributed by atoms with E-state index in [2.05, 4.69) is 32.3 Å². The first kappa shape index (κ1) is 16.2. The Morgan fingerprint density at radius 3 is 2.24 bits per heavy atom. The molecule has 0 amide bonds. The fourth-order valence-corrected chi connectivity index (χ4v) is 1.64. The van der Waals surface area contributed by atoms with E-state index in [4.69, 9.17) is 4.74 Å². The van der Waals surface area contributed by atoms with Gasteiger partial charge in [-0.3, -0.25) is 4.90 Å². The first-order valence-corrected chi connectivity index (χ1v) is 6.68. The van der Waals surface area contributed by atoms with Gasteiger partial charge in [0.1, 0.15) is 6.61 Å². The Labute approximate surface area is 106 Å². The van der Waals surface area contributed by atoms with E-state index in [0.717, 1.165) is 13.1 Å². The molecule has 17 heavy (non-hydrogen) atoms. The van der Waals surface area contributed by atoms with Crippen molar-refractivity contribution in [2.45, 2.75) is 52.5 Å². The van der Waals surface area contributed by atoms with Crippen LogP contribution >= 0.6 is 0 Å². The predicted molar refractivity (Wildman–Crippen MR) is 72.0 cm³/mol. The van der Waals surface area contributed by atoms with Crippen LogP contribution in [0.2, 0.25) is 0 Å². The van der Waals surface area contributed by atoms with Crippen molar-refractivity contribution in [3.63, 3.8) is 0 Å². The molecule has 0 aliphatic heterocycles. The first-order chi connectivity index (χ1) is 8.15. The number of esters is 1. The van der Waals surface area contributed by atoms with Gasteiger partial charge >= 0.3 is 5.97 Å². The SMILES string of the molecule is C=CC(=O)OCC(C)N(CCCC)CCCC. The van der Waals surface area contributed by atoms with E-state index in [1.807, 2.05) is 0 Å². The molecule has 0 aromatic heterocycles. The van der Waals surface area contributed by atoms with Crippen LogP contribution in [-0.4, -0.2) is 36.6 Å². The molecule has 0 heterocycles. The molecular weight excluding hydrogens is 214 g/mol. The molecule has 3 heteroatoms. The molecule has 0 aromatic rings. The molecule has 0 fully saturated rings. The highest BCUT2D eigenvalue weighted by molar-refractivity contribution is 5.81. The second kappa shape index (κ2) is 10.3. The molecule has 0 aliphatic rings. The van der Waals surface area contributed by atoms with Gasteiger partial charge in [-0.2, -0.15) is 0 Å². The molecule has 3 nitrogen and oxygen atoms in total. The van der Waals surface area contributed by atoms with Crippen molar-refractivity contribution in [2.24, 2.45) is 0 Å². The number of rotatable bonds is 10. The van der Waals surface area contributed by atoms with Crippen molar-refractivity contribution in [2.75, 3.05) is 19.7 Å². The first-order valence-electron chi connectivity index (χ1n) is 6.68. The van der Waals surface area contributed by atoms with Crippen molar-refractivity contribution >= 4 is 5.97 Å². The molecule has 0 N–H and O–H groups in total. The molecule has 1 atom stereocenters. The monoisotopic (exact) mass is 241 g/mol. The molecule has 100 valence electrons. The molecule has 0 aliphatic carbocycles. The summed E-state index contributed by atoms with van der Waals surface area (Å²) in [5.74, 6) is -0.331. The third-order valence-electron chi connectivity index (χ3n) is 2.85. The number of unbranched alkanes of at least 4 members (excludes halogenated alkanes) is 2. The van der Waals surface area contributed by atoms with Gasteiger partial charge in [0.05, 0.1) is 0 Å². The van der Waals surface area contributed by atoms with Crippen LogP contribution in [0, 0.1) is 0 Å². The topological polar surface area (TPSA) is 29.5 Å². The normalized spacial score (nSPS) is 12.5. The lowest BCUT2D eigenvalue weighted by Crippen LogP contribution is -2.38. The number of nitrogens with zero attached hydrogens (tertiary/aromatic N) is 1. The third kappa shape index (κ3) is 7.97. The summed E-state index contributed by atoms with van der Waals surface area (Å²) >= 11 is 0. The quantitative estimate of drug-likeness (QED) is 0.435. The van der Waals surface area contributed by atoms with E-state index in [0.29, 0.717) is 6.61 Å². The summed E-state index contributed by atoms with van der Waals surface area (Å²) in [6, 6.07) is 0.289. The lowest BCUT2D eigenvalue weighted by molar-refractivity contribution is -0.139. The maximum Gasteiger partial charge on any atom is 0.330 e. The lowest BCUT2D eigenvalue weighted by atomic mass is 10.2. The van der Waals surface area contributed by atoms with E-state index < -0.39 is 0 Å². The molecule has 1 unspecified atom stereocenters. The van der Waals surface area contributed by atoms with Crippen LogP contribution < -0.4 is 0 Å². The number of hydrogen-bond donors (Lipinski definition) is 0. The van der Waals surface area contributed by atoms with Crippen molar-refractivity contribution < 1.29 is 9.53 Å². The zero-order valence-corrected chi connectivity index (χ0v) is 11.6. The zero-order chi connectivity index (χ0) is 13.1. The van der Waals surface area contributed by atoms with Crippen molar-refractivity contribution in [3.8, 4) is 0 Å². The smallest absolute Gasteiger partial charge is 0.330 e. The summed E-state index contributed by atoms with van der Waals surface area (Å²) in [6.45, 7) is 12.5. The average molecular weight is 241 g/mol. The summed E-state index contributed by atoms with van der Waals surface area (Å²) in [7, 11) is 0. The molecule has 0 radical (unpaired) electrons. The standard InChI is InChI=1S/C14H27NO2/c1-5-8-10-15(11-9-6-2)13(4)12-17-14(16)7-3/h7,13H,3,5-6,8-12H2,1-2,4H3. The maximum atomic E-state index is 11.0. The van der Waals surface area contributed by atoms with E-state index in [-0.39, 0.29) is 12.0 Å². The number of ether oxygens (including phenoxy) is 1. The highest BCUT2D eigenvalue weighted by Gasteiger charge is 2.14. The minimum Gasteiger partial charge on any atom is -0.461 e. The minimum absolute atomic E-state index is 0.289. The number of hydrogen-bond acceptors (Lipinski definition) is 3. The Balaban J connectivity index is 4.05. The highest BCUT2D eigenvalue weighted by Crippen LogP contribution is 2.05. The second-order valence-corrected chi connectivity index (χ2v) is 4.43. The van der Waals surface area contributed by atoms with E-state index in [1.54, 1.807) is 0 Å². The van der Waals surface area contributed by atoms with Crippen LogP contribution in [0.5, 0.6) is 0 Å². The van der Waals surface area contributed by atoms with Gasteiger partial charge in [-0.05, 0) is 32.9 Å². The van der Waals surface area contributed by atoms with Gasteiger partial charge in [-0.25, -0.2) is 4.79 Å². The lowest BCUT2D eigenvalue weighted by Gasteiger charge is -2.28. The van der Waals surface area contributed by atoms with Gasteiger partial charge in [0.25, 0.3) is 0 Å². The van der Waals surface area contributed by atoms with Crippen LogP contribution in [0.15, 0.2) is 12.7 Å². The Hall–Kier alpha value is -0.830. The highest BCUT2D eigenvalue weighted by atomic mass is 16.5. The van der Waals surface area contributed by atoms with Crippen molar-refractivity contribution in [3.05, 3.63) is 12.7 Å². The molecule has 0 aromatic carbocycles. The predicted octanol–water partition coefficient (Wildman–Crippen LogP) is 3.01. The summed E-state index contributed by atoms with van der Waals surface area (Å²) in [5.41, 5.74) is 0. The molecule has 0 saturated heterocycles. The molecule has 0 bridgehead atoms. The Bertz CT molecular complexity index is 208. The van der Waals surface area contributed by atoms with Crippen LogP contribution in [0.4, 0.5) is 0 Å².